The van der Waals surface area contributed by atoms with Gasteiger partial charge in [-0.3, -0.25) is 4.90 Å². The highest BCUT2D eigenvalue weighted by molar-refractivity contribution is 7.91. The maximum Gasteiger partial charge on any atom is 0.179 e. The second-order valence-corrected chi connectivity index (χ2v) is 8.26. The van der Waals surface area contributed by atoms with Crippen LogP contribution in [0.4, 0.5) is 0 Å². The number of aryl methyl sites for hydroxylation is 3. The zero-order chi connectivity index (χ0) is 16.6. The van der Waals surface area contributed by atoms with Crippen LogP contribution in [0.1, 0.15) is 22.8 Å². The third-order valence-corrected chi connectivity index (χ3v) is 6.20. The van der Waals surface area contributed by atoms with Crippen LogP contribution in [0.3, 0.4) is 0 Å². The van der Waals surface area contributed by atoms with E-state index in [4.69, 9.17) is 0 Å². The fourth-order valence-corrected chi connectivity index (χ4v) is 4.59. The van der Waals surface area contributed by atoms with Gasteiger partial charge >= 0.3 is 0 Å². The lowest BCUT2D eigenvalue weighted by molar-refractivity contribution is 0.227. The number of sulfone groups is 1. The lowest BCUT2D eigenvalue weighted by atomic mass is 10.2. The first kappa shape index (κ1) is 16.1. The standard InChI is InChI=1S/C16H22N4O2S/c1-12-4-5-13(2)15(10-12)23(21,22)9-8-19-6-7-20-14(3)17-18-16(20)11-19/h4-5,10H,6-9,11H2,1-3H3. The Labute approximate surface area is 137 Å². The van der Waals surface area contributed by atoms with E-state index in [1.165, 1.54) is 0 Å². The predicted octanol–water partition coefficient (Wildman–Crippen LogP) is 1.49. The molecule has 0 amide bonds. The smallest absolute Gasteiger partial charge is 0.179 e. The number of benzene rings is 1. The minimum absolute atomic E-state index is 0.129. The van der Waals surface area contributed by atoms with E-state index in [-0.39, 0.29) is 5.75 Å². The van der Waals surface area contributed by atoms with Gasteiger partial charge in [0.05, 0.1) is 17.2 Å². The Morgan fingerprint density at radius 2 is 1.91 bits per heavy atom. The van der Waals surface area contributed by atoms with Gasteiger partial charge in [0.2, 0.25) is 0 Å². The Morgan fingerprint density at radius 3 is 2.70 bits per heavy atom. The molecule has 1 aromatic heterocycles. The van der Waals surface area contributed by atoms with E-state index in [0.29, 0.717) is 18.0 Å². The largest absolute Gasteiger partial charge is 0.313 e. The zero-order valence-electron chi connectivity index (χ0n) is 13.8. The summed E-state index contributed by atoms with van der Waals surface area (Å²) in [6, 6.07) is 5.57. The van der Waals surface area contributed by atoms with Gasteiger partial charge < -0.3 is 4.57 Å². The van der Waals surface area contributed by atoms with Crippen LogP contribution in [0.15, 0.2) is 23.1 Å². The first-order chi connectivity index (χ1) is 10.9. The van der Waals surface area contributed by atoms with E-state index < -0.39 is 9.84 Å². The highest BCUT2D eigenvalue weighted by Gasteiger charge is 2.23. The summed E-state index contributed by atoms with van der Waals surface area (Å²) in [5.74, 6) is 1.96. The molecule has 0 fully saturated rings. The minimum Gasteiger partial charge on any atom is -0.313 e. The minimum atomic E-state index is -3.27. The summed E-state index contributed by atoms with van der Waals surface area (Å²) in [6.45, 7) is 8.52. The van der Waals surface area contributed by atoms with Crippen molar-refractivity contribution in [3.8, 4) is 0 Å². The van der Waals surface area contributed by atoms with E-state index in [2.05, 4.69) is 19.7 Å². The molecule has 1 aromatic carbocycles. The summed E-state index contributed by atoms with van der Waals surface area (Å²) in [4.78, 5) is 2.58. The summed E-state index contributed by atoms with van der Waals surface area (Å²) < 4.78 is 27.4. The Morgan fingerprint density at radius 1 is 1.13 bits per heavy atom. The molecule has 0 saturated heterocycles. The number of hydrogen-bond acceptors (Lipinski definition) is 5. The van der Waals surface area contributed by atoms with Crippen molar-refractivity contribution in [2.45, 2.75) is 38.8 Å². The van der Waals surface area contributed by atoms with Gasteiger partial charge in [-0.25, -0.2) is 8.42 Å². The maximum absolute atomic E-state index is 12.6. The van der Waals surface area contributed by atoms with Crippen LogP contribution in [0, 0.1) is 20.8 Å². The molecule has 1 aliphatic heterocycles. The van der Waals surface area contributed by atoms with Crippen molar-refractivity contribution in [2.75, 3.05) is 18.8 Å². The molecule has 7 heteroatoms. The summed E-state index contributed by atoms with van der Waals surface area (Å²) in [5, 5.41) is 8.24. The van der Waals surface area contributed by atoms with Gasteiger partial charge in [-0.1, -0.05) is 12.1 Å². The summed E-state index contributed by atoms with van der Waals surface area (Å²) in [7, 11) is -3.27. The number of fused-ring (bicyclic) bond motifs is 1. The number of nitrogens with zero attached hydrogens (tertiary/aromatic N) is 4. The van der Waals surface area contributed by atoms with E-state index in [0.717, 1.165) is 35.9 Å². The lowest BCUT2D eigenvalue weighted by Crippen LogP contribution is -2.37. The Hall–Kier alpha value is -1.73. The molecular weight excluding hydrogens is 312 g/mol. The fourth-order valence-electron chi connectivity index (χ4n) is 2.95. The lowest BCUT2D eigenvalue weighted by Gasteiger charge is -2.27. The highest BCUT2D eigenvalue weighted by Crippen LogP contribution is 2.19. The quantitative estimate of drug-likeness (QED) is 0.847. The summed E-state index contributed by atoms with van der Waals surface area (Å²) in [6.07, 6.45) is 0. The topological polar surface area (TPSA) is 68.1 Å². The molecule has 3 rings (SSSR count). The molecule has 0 atom stereocenters. The molecule has 0 saturated carbocycles. The number of aromatic nitrogens is 3. The molecule has 0 aliphatic carbocycles. The molecule has 23 heavy (non-hydrogen) atoms. The third-order valence-electron chi connectivity index (χ3n) is 4.37. The van der Waals surface area contributed by atoms with Crippen molar-refractivity contribution in [2.24, 2.45) is 0 Å². The first-order valence-electron chi connectivity index (χ1n) is 7.78. The van der Waals surface area contributed by atoms with Crippen LogP contribution in [-0.4, -0.2) is 46.9 Å². The molecule has 1 aliphatic rings. The van der Waals surface area contributed by atoms with Crippen molar-refractivity contribution in [1.29, 1.82) is 0 Å². The molecule has 0 bridgehead atoms. The van der Waals surface area contributed by atoms with Gasteiger partial charge in [0.1, 0.15) is 11.6 Å². The van der Waals surface area contributed by atoms with Crippen molar-refractivity contribution < 1.29 is 8.42 Å². The van der Waals surface area contributed by atoms with E-state index >= 15 is 0 Å². The molecule has 0 N–H and O–H groups in total. The van der Waals surface area contributed by atoms with Gasteiger partial charge in [-0.15, -0.1) is 10.2 Å². The SMILES string of the molecule is Cc1ccc(C)c(S(=O)(=O)CCN2CCn3c(C)nnc3C2)c1. The van der Waals surface area contributed by atoms with E-state index in [1.54, 1.807) is 6.07 Å². The van der Waals surface area contributed by atoms with Crippen molar-refractivity contribution in [3.63, 3.8) is 0 Å². The Kier molecular flexibility index (Phi) is 4.25. The van der Waals surface area contributed by atoms with Gasteiger partial charge in [-0.05, 0) is 38.0 Å². The maximum atomic E-state index is 12.6. The Balaban J connectivity index is 1.70. The van der Waals surface area contributed by atoms with Crippen LogP contribution in [0.2, 0.25) is 0 Å². The summed E-state index contributed by atoms with van der Waals surface area (Å²) in [5.41, 5.74) is 1.78. The second kappa shape index (κ2) is 6.05. The van der Waals surface area contributed by atoms with Crippen LogP contribution < -0.4 is 0 Å². The normalized spacial score (nSPS) is 15.6. The molecule has 0 unspecified atom stereocenters. The van der Waals surface area contributed by atoms with Gasteiger partial charge in [0.25, 0.3) is 0 Å². The highest BCUT2D eigenvalue weighted by atomic mass is 32.2. The third kappa shape index (κ3) is 3.30. The average Bonchev–Trinajstić information content (AvgIpc) is 2.88. The van der Waals surface area contributed by atoms with Crippen molar-refractivity contribution >= 4 is 9.84 Å². The van der Waals surface area contributed by atoms with Crippen LogP contribution in [-0.2, 0) is 22.9 Å². The molecule has 2 aromatic rings. The monoisotopic (exact) mass is 334 g/mol. The van der Waals surface area contributed by atoms with Gasteiger partial charge in [0.15, 0.2) is 9.84 Å². The second-order valence-electron chi connectivity index (χ2n) is 6.18. The van der Waals surface area contributed by atoms with Gasteiger partial charge in [0, 0.05) is 19.6 Å². The van der Waals surface area contributed by atoms with Crippen molar-refractivity contribution in [1.82, 2.24) is 19.7 Å². The number of rotatable bonds is 4. The first-order valence-corrected chi connectivity index (χ1v) is 9.43. The molecule has 0 spiro atoms. The van der Waals surface area contributed by atoms with Crippen LogP contribution >= 0.6 is 0 Å². The summed E-state index contributed by atoms with van der Waals surface area (Å²) >= 11 is 0. The zero-order valence-corrected chi connectivity index (χ0v) is 14.6. The molecule has 0 radical (unpaired) electrons. The van der Waals surface area contributed by atoms with Crippen LogP contribution in [0.5, 0.6) is 0 Å². The molecule has 2 heterocycles. The Bertz CT molecular complexity index is 827. The fraction of sp³-hybridized carbons (Fsp3) is 0.500. The average molecular weight is 334 g/mol. The van der Waals surface area contributed by atoms with Crippen molar-refractivity contribution in [3.05, 3.63) is 41.0 Å². The molecule has 124 valence electrons. The van der Waals surface area contributed by atoms with E-state index in [9.17, 15) is 8.42 Å². The van der Waals surface area contributed by atoms with Crippen LogP contribution in [0.25, 0.3) is 0 Å². The van der Waals surface area contributed by atoms with E-state index in [1.807, 2.05) is 32.9 Å². The predicted molar refractivity (Wildman–Crippen MR) is 88.0 cm³/mol. The molecular formula is C16H22N4O2S. The molecule has 6 nitrogen and oxygen atoms in total. The van der Waals surface area contributed by atoms with Gasteiger partial charge in [-0.2, -0.15) is 0 Å². The number of hydrogen-bond donors (Lipinski definition) is 0.